The lowest BCUT2D eigenvalue weighted by Crippen LogP contribution is -2.05. The van der Waals surface area contributed by atoms with Crippen LogP contribution in [0.15, 0.2) is 82.7 Å². The van der Waals surface area contributed by atoms with Crippen LogP contribution >= 0.6 is 11.8 Å². The van der Waals surface area contributed by atoms with Crippen molar-refractivity contribution in [2.45, 2.75) is 30.7 Å². The van der Waals surface area contributed by atoms with Crippen LogP contribution in [-0.2, 0) is 5.75 Å². The number of halogens is 1. The summed E-state index contributed by atoms with van der Waals surface area (Å²) in [6.45, 7) is 4.33. The zero-order valence-corrected chi connectivity index (χ0v) is 19.4. The van der Waals surface area contributed by atoms with Crippen molar-refractivity contribution in [3.05, 3.63) is 90.3 Å². The number of hydrogen-bond acceptors (Lipinski definition) is 7. The van der Waals surface area contributed by atoms with Crippen LogP contribution in [0.1, 0.15) is 31.2 Å². The Morgan fingerprint density at radius 3 is 2.56 bits per heavy atom. The molecule has 0 atom stereocenters. The van der Waals surface area contributed by atoms with Gasteiger partial charge in [0, 0.05) is 23.5 Å². The van der Waals surface area contributed by atoms with Gasteiger partial charge in [0.1, 0.15) is 5.82 Å². The monoisotopic (exact) mass is 472 g/mol. The Bertz CT molecular complexity index is 1400. The summed E-state index contributed by atoms with van der Waals surface area (Å²) < 4.78 is 20.6. The van der Waals surface area contributed by atoms with E-state index in [9.17, 15) is 4.39 Å². The number of para-hydroxylation sites is 1. The Morgan fingerprint density at radius 2 is 1.79 bits per heavy atom. The molecule has 0 saturated carbocycles. The third-order valence-corrected chi connectivity index (χ3v) is 6.17. The van der Waals surface area contributed by atoms with Gasteiger partial charge in [-0.15, -0.1) is 10.2 Å². The summed E-state index contributed by atoms with van der Waals surface area (Å²) in [6, 6.07) is 18.0. The molecule has 9 heteroatoms. The summed E-state index contributed by atoms with van der Waals surface area (Å²) in [4.78, 5) is 8.70. The third kappa shape index (κ3) is 4.47. The van der Waals surface area contributed by atoms with E-state index in [-0.39, 0.29) is 5.82 Å². The zero-order chi connectivity index (χ0) is 23.5. The molecule has 0 aliphatic carbocycles. The highest BCUT2D eigenvalue weighted by molar-refractivity contribution is 7.98. The van der Waals surface area contributed by atoms with E-state index in [1.807, 2.05) is 24.3 Å². The van der Waals surface area contributed by atoms with Crippen LogP contribution in [0.5, 0.6) is 0 Å². The molecule has 5 rings (SSSR count). The van der Waals surface area contributed by atoms with Crippen LogP contribution in [-0.4, -0.2) is 29.9 Å². The first-order valence-corrected chi connectivity index (χ1v) is 11.7. The van der Waals surface area contributed by atoms with Crippen molar-refractivity contribution in [3.8, 4) is 28.5 Å². The zero-order valence-electron chi connectivity index (χ0n) is 18.6. The second-order valence-electron chi connectivity index (χ2n) is 7.91. The van der Waals surface area contributed by atoms with E-state index < -0.39 is 0 Å². The Kier molecular flexibility index (Phi) is 6.18. The molecule has 0 aliphatic heterocycles. The van der Waals surface area contributed by atoms with Gasteiger partial charge < -0.3 is 4.52 Å². The minimum Gasteiger partial charge on any atom is -0.334 e. The molecule has 0 fully saturated rings. The predicted octanol–water partition coefficient (Wildman–Crippen LogP) is 5.93. The summed E-state index contributed by atoms with van der Waals surface area (Å²) in [5.41, 5.74) is 3.74. The maximum atomic E-state index is 13.2. The average Bonchev–Trinajstić information content (AvgIpc) is 3.51. The molecule has 3 aromatic heterocycles. The molecule has 0 amide bonds. The molecular weight excluding hydrogens is 451 g/mol. The molecule has 0 spiro atoms. The van der Waals surface area contributed by atoms with Gasteiger partial charge in [-0.05, 0) is 53.9 Å². The van der Waals surface area contributed by atoms with E-state index in [4.69, 9.17) is 4.52 Å². The summed E-state index contributed by atoms with van der Waals surface area (Å²) in [5, 5.41) is 13.8. The molecule has 0 radical (unpaired) electrons. The van der Waals surface area contributed by atoms with Crippen molar-refractivity contribution >= 4 is 11.8 Å². The highest BCUT2D eigenvalue weighted by Crippen LogP contribution is 2.33. The Hall–Kier alpha value is -3.85. The number of nitrogens with zero attached hydrogens (tertiary/aromatic N) is 6. The van der Waals surface area contributed by atoms with Gasteiger partial charge in [0.15, 0.2) is 16.8 Å². The van der Waals surface area contributed by atoms with Crippen molar-refractivity contribution in [1.82, 2.24) is 29.9 Å². The van der Waals surface area contributed by atoms with Gasteiger partial charge in [-0.1, -0.05) is 49.0 Å². The third-order valence-electron chi connectivity index (χ3n) is 5.24. The van der Waals surface area contributed by atoms with Crippen LogP contribution in [0, 0.1) is 5.82 Å². The van der Waals surface area contributed by atoms with Crippen LogP contribution in [0.25, 0.3) is 28.5 Å². The van der Waals surface area contributed by atoms with E-state index in [0.29, 0.717) is 39.9 Å². The molecule has 5 aromatic rings. The minimum atomic E-state index is -0.315. The molecule has 34 heavy (non-hydrogen) atoms. The minimum absolute atomic E-state index is 0.314. The molecular formula is C25H21FN6OS. The first-order chi connectivity index (χ1) is 16.6. The number of pyridine rings is 1. The van der Waals surface area contributed by atoms with Crippen molar-refractivity contribution in [3.63, 3.8) is 0 Å². The Morgan fingerprint density at radius 1 is 0.971 bits per heavy atom. The van der Waals surface area contributed by atoms with E-state index in [1.54, 1.807) is 24.5 Å². The number of benzene rings is 2. The van der Waals surface area contributed by atoms with Crippen LogP contribution in [0.4, 0.5) is 4.39 Å². The maximum Gasteiger partial charge on any atom is 0.257 e. The van der Waals surface area contributed by atoms with Gasteiger partial charge >= 0.3 is 0 Å². The Balaban J connectivity index is 1.48. The van der Waals surface area contributed by atoms with Crippen LogP contribution < -0.4 is 0 Å². The van der Waals surface area contributed by atoms with Crippen LogP contribution in [0.2, 0.25) is 0 Å². The quantitative estimate of drug-likeness (QED) is 0.271. The van der Waals surface area contributed by atoms with E-state index in [0.717, 1.165) is 11.3 Å². The van der Waals surface area contributed by atoms with Crippen molar-refractivity contribution in [2.75, 3.05) is 0 Å². The fraction of sp³-hybridized carbons (Fsp3) is 0.160. The molecule has 2 aromatic carbocycles. The lowest BCUT2D eigenvalue weighted by atomic mass is 10.0. The lowest BCUT2D eigenvalue weighted by Gasteiger charge is -2.16. The van der Waals surface area contributed by atoms with Crippen molar-refractivity contribution in [1.29, 1.82) is 0 Å². The standard InChI is InChI=1S/C25H21FN6OS/c1-16(2)20-7-3-4-8-21(20)32-23(18-6-5-13-27-14-18)29-30-25(32)34-15-22-28-24(33-31-22)17-9-11-19(26)12-10-17/h3-14,16H,15H2,1-2H3. The van der Waals surface area contributed by atoms with Gasteiger partial charge in [0.05, 0.1) is 11.4 Å². The van der Waals surface area contributed by atoms with E-state index in [1.165, 1.54) is 29.5 Å². The Labute approximate surface area is 200 Å². The smallest absolute Gasteiger partial charge is 0.257 e. The van der Waals surface area contributed by atoms with Gasteiger partial charge in [-0.25, -0.2) is 4.39 Å². The molecule has 170 valence electrons. The molecule has 3 heterocycles. The highest BCUT2D eigenvalue weighted by atomic mass is 32.2. The predicted molar refractivity (Wildman–Crippen MR) is 128 cm³/mol. The van der Waals surface area contributed by atoms with E-state index in [2.05, 4.69) is 55.9 Å². The first-order valence-electron chi connectivity index (χ1n) is 10.8. The molecule has 0 N–H and O–H groups in total. The lowest BCUT2D eigenvalue weighted by molar-refractivity contribution is 0.425. The van der Waals surface area contributed by atoms with Crippen molar-refractivity contribution in [2.24, 2.45) is 0 Å². The molecule has 0 unspecified atom stereocenters. The van der Waals surface area contributed by atoms with Crippen LogP contribution in [0.3, 0.4) is 0 Å². The summed E-state index contributed by atoms with van der Waals surface area (Å²) in [5.74, 6) is 2.00. The number of thioether (sulfide) groups is 1. The van der Waals surface area contributed by atoms with Gasteiger partial charge in [0.2, 0.25) is 0 Å². The maximum absolute atomic E-state index is 13.2. The second-order valence-corrected chi connectivity index (χ2v) is 8.85. The largest absolute Gasteiger partial charge is 0.334 e. The molecule has 0 saturated heterocycles. The SMILES string of the molecule is CC(C)c1ccccc1-n1c(SCc2noc(-c3ccc(F)cc3)n2)nnc1-c1cccnc1. The van der Waals surface area contributed by atoms with Gasteiger partial charge in [-0.3, -0.25) is 9.55 Å². The van der Waals surface area contributed by atoms with Gasteiger partial charge in [-0.2, -0.15) is 4.98 Å². The summed E-state index contributed by atoms with van der Waals surface area (Å²) in [7, 11) is 0. The van der Waals surface area contributed by atoms with Crippen molar-refractivity contribution < 1.29 is 8.91 Å². The topological polar surface area (TPSA) is 82.5 Å². The number of aromatic nitrogens is 6. The average molecular weight is 473 g/mol. The fourth-order valence-corrected chi connectivity index (χ4v) is 4.38. The van der Waals surface area contributed by atoms with Gasteiger partial charge in [0.25, 0.3) is 5.89 Å². The normalized spacial score (nSPS) is 11.3. The second kappa shape index (κ2) is 9.56. The molecule has 0 bridgehead atoms. The highest BCUT2D eigenvalue weighted by Gasteiger charge is 2.20. The number of rotatable bonds is 7. The molecule has 0 aliphatic rings. The fourth-order valence-electron chi connectivity index (χ4n) is 3.59. The number of hydrogen-bond donors (Lipinski definition) is 0. The van der Waals surface area contributed by atoms with E-state index >= 15 is 0 Å². The summed E-state index contributed by atoms with van der Waals surface area (Å²) in [6.07, 6.45) is 3.51. The summed E-state index contributed by atoms with van der Waals surface area (Å²) >= 11 is 1.47. The first kappa shape index (κ1) is 22.0. The molecule has 7 nitrogen and oxygen atoms in total.